The first-order chi connectivity index (χ1) is 11.6. The van der Waals surface area contributed by atoms with Gasteiger partial charge in [0.05, 0.1) is 11.8 Å². The monoisotopic (exact) mass is 345 g/mol. The summed E-state index contributed by atoms with van der Waals surface area (Å²) in [5.74, 6) is 2.43. The largest absolute Gasteiger partial charge is 0.341 e. The van der Waals surface area contributed by atoms with Gasteiger partial charge in [-0.25, -0.2) is 0 Å². The number of carbonyl (C=O) groups is 1. The minimum atomic E-state index is -0.0963. The number of amides is 1. The lowest BCUT2D eigenvalue weighted by Gasteiger charge is -2.24. The minimum Gasteiger partial charge on any atom is -0.341 e. The number of rotatable bonds is 4. The molecule has 2 aromatic heterocycles. The van der Waals surface area contributed by atoms with Crippen molar-refractivity contribution in [1.82, 2.24) is 15.0 Å². The quantitative estimate of drug-likeness (QED) is 0.852. The SMILES string of the molecule is CC(C)c1nc(C23CCCC2CN(C(=O)Cc2ccsc2)C3)no1. The molecule has 0 spiro atoms. The van der Waals surface area contributed by atoms with E-state index in [1.807, 2.05) is 16.3 Å². The van der Waals surface area contributed by atoms with Crippen LogP contribution in [0, 0.1) is 5.92 Å². The van der Waals surface area contributed by atoms with Crippen LogP contribution >= 0.6 is 11.3 Å². The van der Waals surface area contributed by atoms with Crippen LogP contribution in [0.4, 0.5) is 0 Å². The molecule has 5 nitrogen and oxygen atoms in total. The Kier molecular flexibility index (Phi) is 3.95. The highest BCUT2D eigenvalue weighted by Gasteiger charge is 2.54. The number of fused-ring (bicyclic) bond motifs is 1. The zero-order valence-electron chi connectivity index (χ0n) is 14.2. The number of nitrogens with zero attached hydrogens (tertiary/aromatic N) is 3. The van der Waals surface area contributed by atoms with Crippen LogP contribution < -0.4 is 0 Å². The highest BCUT2D eigenvalue weighted by Crippen LogP contribution is 2.49. The van der Waals surface area contributed by atoms with Crippen molar-refractivity contribution in [2.24, 2.45) is 5.92 Å². The Balaban J connectivity index is 1.55. The Morgan fingerprint density at radius 3 is 3.12 bits per heavy atom. The Labute approximate surface area is 146 Å². The first kappa shape index (κ1) is 15.8. The molecule has 2 atom stereocenters. The zero-order valence-corrected chi connectivity index (χ0v) is 15.0. The highest BCUT2D eigenvalue weighted by atomic mass is 32.1. The summed E-state index contributed by atoms with van der Waals surface area (Å²) in [6.45, 7) is 5.69. The van der Waals surface area contributed by atoms with Gasteiger partial charge in [-0.05, 0) is 41.1 Å². The maximum absolute atomic E-state index is 12.7. The molecule has 2 aliphatic rings. The predicted octanol–water partition coefficient (Wildman–Crippen LogP) is 3.38. The summed E-state index contributed by atoms with van der Waals surface area (Å²) in [5, 5.41) is 8.38. The Morgan fingerprint density at radius 1 is 1.54 bits per heavy atom. The number of aromatic nitrogens is 2. The molecule has 4 rings (SSSR count). The van der Waals surface area contributed by atoms with E-state index < -0.39 is 0 Å². The van der Waals surface area contributed by atoms with Crippen LogP contribution in [0.2, 0.25) is 0 Å². The van der Waals surface area contributed by atoms with Crippen molar-refractivity contribution in [1.29, 1.82) is 0 Å². The van der Waals surface area contributed by atoms with Crippen LogP contribution in [0.15, 0.2) is 21.3 Å². The van der Waals surface area contributed by atoms with Crippen LogP contribution in [0.25, 0.3) is 0 Å². The highest BCUT2D eigenvalue weighted by molar-refractivity contribution is 7.08. The van der Waals surface area contributed by atoms with E-state index in [1.165, 1.54) is 6.42 Å². The second-order valence-electron chi connectivity index (χ2n) is 7.44. The molecule has 128 valence electrons. The fraction of sp³-hybridized carbons (Fsp3) is 0.611. The van der Waals surface area contributed by atoms with Gasteiger partial charge in [0.15, 0.2) is 5.82 Å². The van der Waals surface area contributed by atoms with E-state index in [-0.39, 0.29) is 17.2 Å². The van der Waals surface area contributed by atoms with Gasteiger partial charge >= 0.3 is 0 Å². The molecule has 1 aliphatic carbocycles. The van der Waals surface area contributed by atoms with Crippen LogP contribution in [0.3, 0.4) is 0 Å². The molecule has 1 saturated heterocycles. The third-order valence-corrected chi connectivity index (χ3v) is 6.27. The van der Waals surface area contributed by atoms with Crippen molar-refractivity contribution >= 4 is 17.2 Å². The number of hydrogen-bond acceptors (Lipinski definition) is 5. The van der Waals surface area contributed by atoms with Crippen molar-refractivity contribution < 1.29 is 9.32 Å². The molecule has 2 fully saturated rings. The van der Waals surface area contributed by atoms with Gasteiger partial charge < -0.3 is 9.42 Å². The number of thiophene rings is 1. The van der Waals surface area contributed by atoms with E-state index in [0.29, 0.717) is 18.2 Å². The summed E-state index contributed by atoms with van der Waals surface area (Å²) in [5.41, 5.74) is 1.01. The first-order valence-electron chi connectivity index (χ1n) is 8.71. The summed E-state index contributed by atoms with van der Waals surface area (Å²) in [6.07, 6.45) is 3.88. The van der Waals surface area contributed by atoms with Crippen molar-refractivity contribution in [3.63, 3.8) is 0 Å². The minimum absolute atomic E-state index is 0.0963. The van der Waals surface area contributed by atoms with Crippen LogP contribution in [0.5, 0.6) is 0 Å². The molecule has 1 aliphatic heterocycles. The standard InChI is InChI=1S/C18H23N3O2S/c1-12(2)16-19-17(20-23-16)18-6-3-4-14(18)9-21(11-18)15(22)8-13-5-7-24-10-13/h5,7,10,12,14H,3-4,6,8-9,11H2,1-2H3. The van der Waals surface area contributed by atoms with Gasteiger partial charge in [-0.3, -0.25) is 4.79 Å². The fourth-order valence-corrected chi connectivity index (χ4v) is 4.86. The lowest BCUT2D eigenvalue weighted by Crippen LogP contribution is -2.36. The summed E-state index contributed by atoms with van der Waals surface area (Å²) in [4.78, 5) is 19.4. The van der Waals surface area contributed by atoms with Gasteiger partial charge in [-0.15, -0.1) is 0 Å². The maximum Gasteiger partial charge on any atom is 0.229 e. The molecule has 2 unspecified atom stereocenters. The molecule has 1 saturated carbocycles. The van der Waals surface area contributed by atoms with Gasteiger partial charge in [0.1, 0.15) is 0 Å². The lowest BCUT2D eigenvalue weighted by molar-refractivity contribution is -0.129. The maximum atomic E-state index is 12.7. The molecule has 3 heterocycles. The molecule has 0 aromatic carbocycles. The average Bonchev–Trinajstić information content (AvgIpc) is 3.29. The van der Waals surface area contributed by atoms with Crippen molar-refractivity contribution in [3.05, 3.63) is 34.1 Å². The summed E-state index contributed by atoms with van der Waals surface area (Å²) in [6, 6.07) is 2.03. The number of likely N-dealkylation sites (tertiary alicyclic amines) is 1. The molecular weight excluding hydrogens is 322 g/mol. The van der Waals surface area contributed by atoms with Crippen LogP contribution in [-0.2, 0) is 16.6 Å². The summed E-state index contributed by atoms with van der Waals surface area (Å²) >= 11 is 1.64. The van der Waals surface area contributed by atoms with Crippen LogP contribution in [0.1, 0.15) is 56.3 Å². The molecule has 0 N–H and O–H groups in total. The molecule has 1 amide bonds. The molecule has 6 heteroatoms. The van der Waals surface area contributed by atoms with Gasteiger partial charge in [-0.2, -0.15) is 16.3 Å². The van der Waals surface area contributed by atoms with E-state index in [1.54, 1.807) is 11.3 Å². The second kappa shape index (κ2) is 5.99. The topological polar surface area (TPSA) is 59.2 Å². The van der Waals surface area contributed by atoms with E-state index >= 15 is 0 Å². The Bertz CT molecular complexity index is 724. The van der Waals surface area contributed by atoms with Crippen LogP contribution in [-0.4, -0.2) is 34.0 Å². The van der Waals surface area contributed by atoms with E-state index in [4.69, 9.17) is 4.52 Å². The van der Waals surface area contributed by atoms with Gasteiger partial charge in [-0.1, -0.05) is 25.4 Å². The van der Waals surface area contributed by atoms with Crippen molar-refractivity contribution in [2.45, 2.75) is 50.9 Å². The number of hydrogen-bond donors (Lipinski definition) is 0. The molecular formula is C18H23N3O2S. The summed E-state index contributed by atoms with van der Waals surface area (Å²) in [7, 11) is 0. The molecule has 24 heavy (non-hydrogen) atoms. The third-order valence-electron chi connectivity index (χ3n) is 5.54. The number of carbonyl (C=O) groups excluding carboxylic acids is 1. The Morgan fingerprint density at radius 2 is 2.42 bits per heavy atom. The second-order valence-corrected chi connectivity index (χ2v) is 8.22. The van der Waals surface area contributed by atoms with E-state index in [0.717, 1.165) is 37.3 Å². The van der Waals surface area contributed by atoms with Gasteiger partial charge in [0.25, 0.3) is 0 Å². The third kappa shape index (κ3) is 2.57. The van der Waals surface area contributed by atoms with Crippen molar-refractivity contribution in [3.8, 4) is 0 Å². The van der Waals surface area contributed by atoms with E-state index in [2.05, 4.69) is 29.4 Å². The fourth-order valence-electron chi connectivity index (χ4n) is 4.20. The van der Waals surface area contributed by atoms with Gasteiger partial charge in [0.2, 0.25) is 11.8 Å². The Hall–Kier alpha value is -1.69. The normalized spacial score (nSPS) is 26.3. The van der Waals surface area contributed by atoms with Gasteiger partial charge in [0, 0.05) is 19.0 Å². The smallest absolute Gasteiger partial charge is 0.229 e. The average molecular weight is 345 g/mol. The zero-order chi connectivity index (χ0) is 16.7. The lowest BCUT2D eigenvalue weighted by atomic mass is 9.80. The molecule has 0 radical (unpaired) electrons. The summed E-state index contributed by atoms with van der Waals surface area (Å²) < 4.78 is 5.46. The first-order valence-corrected chi connectivity index (χ1v) is 9.66. The van der Waals surface area contributed by atoms with Crippen molar-refractivity contribution in [2.75, 3.05) is 13.1 Å². The van der Waals surface area contributed by atoms with E-state index in [9.17, 15) is 4.79 Å². The molecule has 2 aromatic rings. The molecule has 0 bridgehead atoms. The predicted molar refractivity (Wildman–Crippen MR) is 92.0 cm³/mol.